The first kappa shape index (κ1) is 25.6. The molecule has 33 heavy (non-hydrogen) atoms. The van der Waals surface area contributed by atoms with Crippen LogP contribution in [0.25, 0.3) is 0 Å². The van der Waals surface area contributed by atoms with Crippen LogP contribution in [-0.2, 0) is 25.4 Å². The minimum atomic E-state index is -3.60. The molecule has 0 unspecified atom stereocenters. The van der Waals surface area contributed by atoms with E-state index in [9.17, 15) is 22.0 Å². The van der Waals surface area contributed by atoms with E-state index < -0.39 is 21.7 Å². The molecule has 0 radical (unpaired) electrons. The molecule has 2 N–H and O–H groups in total. The van der Waals surface area contributed by atoms with Gasteiger partial charge in [-0.1, -0.05) is 26.0 Å². The molecule has 0 atom stereocenters. The summed E-state index contributed by atoms with van der Waals surface area (Å²) in [7, 11) is -3.60. The van der Waals surface area contributed by atoms with Crippen molar-refractivity contribution in [2.24, 2.45) is 5.92 Å². The molecule has 6 nitrogen and oxygen atoms in total. The maximum Gasteiger partial charge on any atom is 0.258 e. The van der Waals surface area contributed by atoms with E-state index in [2.05, 4.69) is 23.9 Å². The molecule has 0 aliphatic carbocycles. The number of ether oxygens (including phenoxy) is 1. The molecule has 1 fully saturated rings. The van der Waals surface area contributed by atoms with Gasteiger partial charge in [0, 0.05) is 29.7 Å². The van der Waals surface area contributed by atoms with Gasteiger partial charge in [-0.2, -0.15) is 0 Å². The molecule has 0 spiro atoms. The van der Waals surface area contributed by atoms with Gasteiger partial charge in [0.25, 0.3) is 5.91 Å². The quantitative estimate of drug-likeness (QED) is 0.517. The lowest BCUT2D eigenvalue weighted by Gasteiger charge is -2.32. The van der Waals surface area contributed by atoms with Crippen LogP contribution in [0.2, 0.25) is 0 Å². The second kappa shape index (κ2) is 10.5. The Morgan fingerprint density at radius 2 is 1.82 bits per heavy atom. The van der Waals surface area contributed by atoms with Crippen molar-refractivity contribution < 1.29 is 26.7 Å². The molecule has 1 heterocycles. The zero-order chi connectivity index (χ0) is 24.2. The van der Waals surface area contributed by atoms with Gasteiger partial charge < -0.3 is 10.1 Å². The van der Waals surface area contributed by atoms with E-state index >= 15 is 0 Å². The fourth-order valence-electron chi connectivity index (χ4n) is 3.45. The highest BCUT2D eigenvalue weighted by Crippen LogP contribution is 2.57. The van der Waals surface area contributed by atoms with Crippen molar-refractivity contribution in [3.05, 3.63) is 59.2 Å². The summed E-state index contributed by atoms with van der Waals surface area (Å²) in [6.45, 7) is 3.87. The van der Waals surface area contributed by atoms with Gasteiger partial charge in [-0.05, 0) is 29.7 Å². The van der Waals surface area contributed by atoms with E-state index in [4.69, 9.17) is 4.74 Å². The summed E-state index contributed by atoms with van der Waals surface area (Å²) in [5, 5.41) is 2.59. The number of hydrogen-bond acceptors (Lipinski definition) is 6. The van der Waals surface area contributed by atoms with E-state index in [0.29, 0.717) is 11.1 Å². The maximum atomic E-state index is 14.9. The van der Waals surface area contributed by atoms with Gasteiger partial charge >= 0.3 is 0 Å². The maximum absolute atomic E-state index is 14.9. The number of carbonyl (C=O) groups excluding carboxylic acids is 1. The second-order valence-electron chi connectivity index (χ2n) is 7.91. The van der Waals surface area contributed by atoms with Gasteiger partial charge in [0.15, 0.2) is 6.61 Å². The molecular weight excluding hydrogens is 490 g/mol. The van der Waals surface area contributed by atoms with Crippen molar-refractivity contribution in [1.82, 2.24) is 5.32 Å². The van der Waals surface area contributed by atoms with Gasteiger partial charge in [-0.3, -0.25) is 9.52 Å². The molecule has 1 aliphatic rings. The topological polar surface area (TPSA) is 84.5 Å². The van der Waals surface area contributed by atoms with E-state index in [0.717, 1.165) is 23.8 Å². The van der Waals surface area contributed by atoms with Crippen LogP contribution in [0.5, 0.6) is 5.75 Å². The Balaban J connectivity index is 1.55. The van der Waals surface area contributed by atoms with Crippen LogP contribution >= 0.6 is 23.5 Å². The first-order valence-electron chi connectivity index (χ1n) is 10.2. The van der Waals surface area contributed by atoms with Crippen molar-refractivity contribution in [1.29, 1.82) is 0 Å². The summed E-state index contributed by atoms with van der Waals surface area (Å²) in [6.07, 6.45) is 0.926. The van der Waals surface area contributed by atoms with Gasteiger partial charge in [0.05, 0.1) is 16.0 Å². The molecule has 1 aliphatic heterocycles. The number of thioether (sulfide) groups is 2. The van der Waals surface area contributed by atoms with Crippen molar-refractivity contribution in [3.63, 3.8) is 0 Å². The predicted molar refractivity (Wildman–Crippen MR) is 130 cm³/mol. The molecule has 11 heteroatoms. The number of amides is 1. The van der Waals surface area contributed by atoms with Crippen LogP contribution in [0.4, 0.5) is 14.5 Å². The molecule has 0 saturated carbocycles. The molecule has 0 aromatic heterocycles. The predicted octanol–water partition coefficient (Wildman–Crippen LogP) is 4.32. The van der Waals surface area contributed by atoms with Crippen molar-refractivity contribution in [2.75, 3.05) is 29.1 Å². The number of carbonyl (C=O) groups is 1. The zero-order valence-corrected chi connectivity index (χ0v) is 20.9. The van der Waals surface area contributed by atoms with E-state index in [1.165, 1.54) is 18.2 Å². The normalized spacial score (nSPS) is 15.5. The molecule has 3 rings (SSSR count). The van der Waals surface area contributed by atoms with Crippen molar-refractivity contribution >= 4 is 45.1 Å². The molecular formula is C22H26F2N2O4S3. The SMILES string of the molecule is CC(C)C1(c2ccc(OCC(=O)NCc3ccc(NS(C)(=O)=O)c(F)c3)cc2F)SCCS1. The lowest BCUT2D eigenvalue weighted by atomic mass is 10.0. The number of sulfonamides is 1. The van der Waals surface area contributed by atoms with E-state index in [1.807, 2.05) is 0 Å². The van der Waals surface area contributed by atoms with Gasteiger partial charge in [-0.15, -0.1) is 23.5 Å². The molecule has 1 saturated heterocycles. The van der Waals surface area contributed by atoms with E-state index in [1.54, 1.807) is 35.7 Å². The Bertz CT molecular complexity index is 1120. The highest BCUT2D eigenvalue weighted by molar-refractivity contribution is 8.20. The molecule has 180 valence electrons. The summed E-state index contributed by atoms with van der Waals surface area (Å²) >= 11 is 3.51. The molecule has 2 aromatic rings. The van der Waals surface area contributed by atoms with Crippen LogP contribution in [-0.4, -0.2) is 38.7 Å². The summed E-state index contributed by atoms with van der Waals surface area (Å²) in [5.74, 6) is 0.879. The summed E-state index contributed by atoms with van der Waals surface area (Å²) < 4.78 is 58.5. The number of hydrogen-bond donors (Lipinski definition) is 2. The van der Waals surface area contributed by atoms with Crippen LogP contribution in [0.1, 0.15) is 25.0 Å². The van der Waals surface area contributed by atoms with Gasteiger partial charge in [-0.25, -0.2) is 17.2 Å². The van der Waals surface area contributed by atoms with Crippen LogP contribution in [0.15, 0.2) is 36.4 Å². The third-order valence-electron chi connectivity index (χ3n) is 4.98. The smallest absolute Gasteiger partial charge is 0.258 e. The van der Waals surface area contributed by atoms with Gasteiger partial charge in [0.2, 0.25) is 10.0 Å². The minimum absolute atomic E-state index is 0.0247. The van der Waals surface area contributed by atoms with E-state index in [-0.39, 0.29) is 40.4 Å². The third kappa shape index (κ3) is 6.54. The third-order valence-corrected chi connectivity index (χ3v) is 9.59. The first-order valence-corrected chi connectivity index (χ1v) is 14.1. The number of benzene rings is 2. The highest BCUT2D eigenvalue weighted by Gasteiger charge is 2.42. The first-order chi connectivity index (χ1) is 15.5. The fourth-order valence-corrected chi connectivity index (χ4v) is 7.43. The lowest BCUT2D eigenvalue weighted by molar-refractivity contribution is -0.123. The second-order valence-corrected chi connectivity index (χ2v) is 12.6. The van der Waals surface area contributed by atoms with Crippen LogP contribution < -0.4 is 14.8 Å². The van der Waals surface area contributed by atoms with Crippen LogP contribution in [0, 0.1) is 17.6 Å². The highest BCUT2D eigenvalue weighted by atomic mass is 32.2. The van der Waals surface area contributed by atoms with Gasteiger partial charge in [0.1, 0.15) is 17.4 Å². The zero-order valence-electron chi connectivity index (χ0n) is 18.5. The Kier molecular flexibility index (Phi) is 8.17. The Labute approximate surface area is 201 Å². The average molecular weight is 517 g/mol. The number of rotatable bonds is 9. The largest absolute Gasteiger partial charge is 0.484 e. The monoisotopic (exact) mass is 516 g/mol. The minimum Gasteiger partial charge on any atom is -0.484 e. The summed E-state index contributed by atoms with van der Waals surface area (Å²) in [5.41, 5.74) is 0.911. The van der Waals surface area contributed by atoms with Crippen LogP contribution in [0.3, 0.4) is 0 Å². The summed E-state index contributed by atoms with van der Waals surface area (Å²) in [6, 6.07) is 8.60. The Hall–Kier alpha value is -1.98. The standard InChI is InChI=1S/C22H26F2N2O4S3/c1-14(2)22(31-8-9-32-22)17-6-5-16(11-18(17)23)30-13-21(27)25-12-15-4-7-20(19(24)10-15)26-33(3,28)29/h4-7,10-11,14,26H,8-9,12-13H2,1-3H3,(H,25,27). The lowest BCUT2D eigenvalue weighted by Crippen LogP contribution is -2.28. The molecule has 1 amide bonds. The fraction of sp³-hybridized carbons (Fsp3) is 0.409. The Morgan fingerprint density at radius 1 is 1.12 bits per heavy atom. The summed E-state index contributed by atoms with van der Waals surface area (Å²) in [4.78, 5) is 12.1. The molecule has 2 aromatic carbocycles. The molecule has 0 bridgehead atoms. The number of anilines is 1. The number of nitrogens with one attached hydrogen (secondary N) is 2. The number of halogens is 2. The van der Waals surface area contributed by atoms with Crippen molar-refractivity contribution in [3.8, 4) is 5.75 Å². The Morgan fingerprint density at radius 3 is 2.39 bits per heavy atom. The van der Waals surface area contributed by atoms with Crippen molar-refractivity contribution in [2.45, 2.75) is 24.5 Å². The average Bonchev–Trinajstić information content (AvgIpc) is 3.23.